The van der Waals surface area contributed by atoms with Gasteiger partial charge in [0, 0.05) is 26.2 Å². The molecule has 1 saturated heterocycles. The monoisotopic (exact) mass is 444 g/mol. The van der Waals surface area contributed by atoms with Crippen LogP contribution in [0.3, 0.4) is 0 Å². The highest BCUT2D eigenvalue weighted by molar-refractivity contribution is 7.22. The van der Waals surface area contributed by atoms with Gasteiger partial charge in [0.25, 0.3) is 5.91 Å². The molecule has 8 heteroatoms. The average Bonchev–Trinajstić information content (AvgIpc) is 3.27. The van der Waals surface area contributed by atoms with Crippen LogP contribution in [0.1, 0.15) is 37.9 Å². The Morgan fingerprint density at radius 3 is 2.53 bits per heavy atom. The summed E-state index contributed by atoms with van der Waals surface area (Å²) >= 11 is 3.06. The number of nitrogens with zero attached hydrogens (tertiary/aromatic N) is 4. The van der Waals surface area contributed by atoms with Gasteiger partial charge in [0.2, 0.25) is 0 Å². The average molecular weight is 445 g/mol. The van der Waals surface area contributed by atoms with Crippen molar-refractivity contribution >= 4 is 43.9 Å². The molecular formula is C22H28N4O2S2. The smallest absolute Gasteiger partial charge is 0.272 e. The lowest BCUT2D eigenvalue weighted by atomic mass is 10.1. The van der Waals surface area contributed by atoms with E-state index in [1.54, 1.807) is 11.3 Å². The van der Waals surface area contributed by atoms with Gasteiger partial charge < -0.3 is 4.74 Å². The molecule has 4 rings (SSSR count). The number of ether oxygens (including phenoxy) is 1. The zero-order valence-corrected chi connectivity index (χ0v) is 19.7. The van der Waals surface area contributed by atoms with Crippen LogP contribution in [-0.4, -0.2) is 60.2 Å². The molecule has 0 atom stereocenters. The van der Waals surface area contributed by atoms with Crippen LogP contribution in [0.2, 0.25) is 0 Å². The number of carbonyl (C=O) groups is 1. The van der Waals surface area contributed by atoms with Crippen LogP contribution >= 0.6 is 22.7 Å². The molecule has 3 heterocycles. The Morgan fingerprint density at radius 1 is 1.10 bits per heavy atom. The molecule has 0 radical (unpaired) electrons. The number of aryl methyl sites for hydroxylation is 4. The second kappa shape index (κ2) is 9.09. The van der Waals surface area contributed by atoms with Gasteiger partial charge in [-0.2, -0.15) is 0 Å². The van der Waals surface area contributed by atoms with Crippen LogP contribution in [0, 0.1) is 27.7 Å². The zero-order chi connectivity index (χ0) is 21.3. The lowest BCUT2D eigenvalue weighted by Crippen LogP contribution is -2.39. The summed E-state index contributed by atoms with van der Waals surface area (Å²) < 4.78 is 6.56. The molecule has 1 aliphatic rings. The molecule has 6 nitrogen and oxygen atoms in total. The van der Waals surface area contributed by atoms with Gasteiger partial charge in [-0.1, -0.05) is 11.3 Å². The number of morpholine rings is 1. The number of fused-ring (bicyclic) bond motifs is 1. The van der Waals surface area contributed by atoms with Crippen molar-refractivity contribution in [2.45, 2.75) is 34.1 Å². The van der Waals surface area contributed by atoms with E-state index in [4.69, 9.17) is 9.72 Å². The first-order valence-electron chi connectivity index (χ1n) is 10.4. The maximum absolute atomic E-state index is 13.5. The first-order chi connectivity index (χ1) is 14.4. The van der Waals surface area contributed by atoms with Crippen LogP contribution in [0.15, 0.2) is 12.1 Å². The Labute approximate surface area is 185 Å². The number of hydrogen-bond acceptors (Lipinski definition) is 7. The van der Waals surface area contributed by atoms with Crippen LogP contribution in [0.5, 0.6) is 0 Å². The van der Waals surface area contributed by atoms with E-state index >= 15 is 0 Å². The topological polar surface area (TPSA) is 58.6 Å². The fourth-order valence-electron chi connectivity index (χ4n) is 3.70. The van der Waals surface area contributed by atoms with E-state index in [9.17, 15) is 4.79 Å². The van der Waals surface area contributed by atoms with E-state index in [0.717, 1.165) is 65.3 Å². The van der Waals surface area contributed by atoms with Gasteiger partial charge in [0.1, 0.15) is 4.88 Å². The summed E-state index contributed by atoms with van der Waals surface area (Å²) in [5.74, 6) is 0.00702. The summed E-state index contributed by atoms with van der Waals surface area (Å²) in [6.45, 7) is 13.2. The van der Waals surface area contributed by atoms with E-state index in [-0.39, 0.29) is 5.91 Å². The molecule has 0 saturated carbocycles. The van der Waals surface area contributed by atoms with Crippen molar-refractivity contribution in [1.82, 2.24) is 14.9 Å². The van der Waals surface area contributed by atoms with E-state index in [0.29, 0.717) is 11.4 Å². The summed E-state index contributed by atoms with van der Waals surface area (Å²) in [6, 6.07) is 4.29. The van der Waals surface area contributed by atoms with Crippen molar-refractivity contribution in [2.24, 2.45) is 0 Å². The van der Waals surface area contributed by atoms with Gasteiger partial charge >= 0.3 is 0 Å². The number of hydrogen-bond donors (Lipinski definition) is 0. The molecule has 2 aromatic heterocycles. The molecule has 0 unspecified atom stereocenters. The maximum atomic E-state index is 13.5. The second-order valence-corrected chi connectivity index (χ2v) is 10.0. The van der Waals surface area contributed by atoms with Crippen molar-refractivity contribution in [1.29, 1.82) is 0 Å². The molecule has 1 amide bonds. The molecule has 0 N–H and O–H groups in total. The molecule has 0 bridgehead atoms. The summed E-state index contributed by atoms with van der Waals surface area (Å²) in [4.78, 5) is 27.8. The fraction of sp³-hybridized carbons (Fsp3) is 0.500. The minimum absolute atomic E-state index is 0.00702. The third-order valence-corrected chi connectivity index (χ3v) is 7.63. The molecule has 1 aromatic carbocycles. The van der Waals surface area contributed by atoms with E-state index in [2.05, 4.69) is 35.9 Å². The molecule has 1 aliphatic heterocycles. The van der Waals surface area contributed by atoms with Crippen LogP contribution in [-0.2, 0) is 4.74 Å². The van der Waals surface area contributed by atoms with Crippen molar-refractivity contribution < 1.29 is 9.53 Å². The summed E-state index contributed by atoms with van der Waals surface area (Å²) in [5.41, 5.74) is 4.23. The molecule has 1 fully saturated rings. The predicted molar refractivity (Wildman–Crippen MR) is 124 cm³/mol. The Balaban J connectivity index is 1.60. The Hall–Kier alpha value is -1.87. The van der Waals surface area contributed by atoms with Crippen molar-refractivity contribution in [3.63, 3.8) is 0 Å². The highest BCUT2D eigenvalue weighted by Gasteiger charge is 2.25. The standard InChI is InChI=1S/C22H28N4O2S2/c1-14-12-18-19(13-15(14)2)30-22(24-18)26(7-5-6-25-8-10-28-11-9-25)21(27)20-16(3)23-17(4)29-20/h12-13H,5-11H2,1-4H3. The first kappa shape index (κ1) is 21.4. The van der Waals surface area contributed by atoms with Crippen molar-refractivity contribution in [3.8, 4) is 0 Å². The van der Waals surface area contributed by atoms with Gasteiger partial charge in [-0.3, -0.25) is 14.6 Å². The Bertz CT molecular complexity index is 1010. The number of aromatic nitrogens is 2. The molecule has 0 spiro atoms. The molecular weight excluding hydrogens is 416 g/mol. The number of benzene rings is 1. The van der Waals surface area contributed by atoms with Gasteiger partial charge in [-0.15, -0.1) is 11.3 Å². The normalized spacial score (nSPS) is 15.1. The second-order valence-electron chi connectivity index (χ2n) is 7.81. The third-order valence-electron chi connectivity index (χ3n) is 5.53. The number of thiazole rings is 2. The highest BCUT2D eigenvalue weighted by atomic mass is 32.1. The maximum Gasteiger partial charge on any atom is 0.272 e. The minimum Gasteiger partial charge on any atom is -0.379 e. The fourth-order valence-corrected chi connectivity index (χ4v) is 5.64. The van der Waals surface area contributed by atoms with E-state index in [1.807, 2.05) is 18.7 Å². The summed E-state index contributed by atoms with van der Waals surface area (Å²) in [7, 11) is 0. The number of amides is 1. The Morgan fingerprint density at radius 2 is 1.83 bits per heavy atom. The predicted octanol–water partition coefficient (Wildman–Crippen LogP) is 4.36. The quantitative estimate of drug-likeness (QED) is 0.566. The Kier molecular flexibility index (Phi) is 6.48. The van der Waals surface area contributed by atoms with Crippen molar-refractivity contribution in [2.75, 3.05) is 44.3 Å². The van der Waals surface area contributed by atoms with Gasteiger partial charge in [-0.05, 0) is 57.4 Å². The summed E-state index contributed by atoms with van der Waals surface area (Å²) in [5, 5.41) is 1.69. The number of carbonyl (C=O) groups excluding carboxylic acids is 1. The lowest BCUT2D eigenvalue weighted by Gasteiger charge is -2.27. The SMILES string of the molecule is Cc1nc(C)c(C(=O)N(CCCN2CCOCC2)c2nc3cc(C)c(C)cc3s2)s1. The highest BCUT2D eigenvalue weighted by Crippen LogP contribution is 2.32. The summed E-state index contributed by atoms with van der Waals surface area (Å²) in [6.07, 6.45) is 0.899. The molecule has 160 valence electrons. The van der Waals surface area contributed by atoms with Gasteiger partial charge in [0.15, 0.2) is 5.13 Å². The van der Waals surface area contributed by atoms with Crippen LogP contribution in [0.4, 0.5) is 5.13 Å². The number of rotatable bonds is 6. The lowest BCUT2D eigenvalue weighted by molar-refractivity contribution is 0.0376. The van der Waals surface area contributed by atoms with E-state index in [1.165, 1.54) is 22.5 Å². The minimum atomic E-state index is 0.00702. The van der Waals surface area contributed by atoms with Gasteiger partial charge in [0.05, 0.1) is 34.1 Å². The van der Waals surface area contributed by atoms with Crippen LogP contribution in [0.25, 0.3) is 10.2 Å². The van der Waals surface area contributed by atoms with Gasteiger partial charge in [-0.25, -0.2) is 9.97 Å². The van der Waals surface area contributed by atoms with E-state index < -0.39 is 0 Å². The third kappa shape index (κ3) is 4.56. The largest absolute Gasteiger partial charge is 0.379 e. The van der Waals surface area contributed by atoms with Crippen LogP contribution < -0.4 is 4.90 Å². The zero-order valence-electron chi connectivity index (χ0n) is 18.0. The molecule has 30 heavy (non-hydrogen) atoms. The molecule has 3 aromatic rings. The van der Waals surface area contributed by atoms with Crippen molar-refractivity contribution in [3.05, 3.63) is 38.8 Å². The first-order valence-corrected chi connectivity index (χ1v) is 12.0. The number of anilines is 1. The molecule has 0 aliphatic carbocycles.